The van der Waals surface area contributed by atoms with E-state index in [0.29, 0.717) is 19.3 Å². The number of hydrogen-bond donors (Lipinski definition) is 0. The summed E-state index contributed by atoms with van der Waals surface area (Å²) in [6.45, 7) is 6.58. The number of ether oxygens (including phenoxy) is 3. The monoisotopic (exact) mass is 963 g/mol. The number of unbranched alkanes of at least 4 members (excludes halogenated alkanes) is 30. The second kappa shape index (κ2) is 57.4. The van der Waals surface area contributed by atoms with Crippen LogP contribution in [0.4, 0.5) is 0 Å². The van der Waals surface area contributed by atoms with Crippen LogP contribution in [-0.4, -0.2) is 37.2 Å². The lowest BCUT2D eigenvalue weighted by Gasteiger charge is -2.18. The number of carbonyl (C=O) groups excluding carboxylic acids is 3. The zero-order valence-corrected chi connectivity index (χ0v) is 45.6. The average Bonchev–Trinajstić information content (AvgIpc) is 3.35. The molecular formula is C63H110O6. The Balaban J connectivity index is 4.35. The first-order chi connectivity index (χ1) is 34.0. The molecule has 0 aliphatic heterocycles. The summed E-state index contributed by atoms with van der Waals surface area (Å²) >= 11 is 0. The standard InChI is InChI=1S/C63H110O6/c1-4-7-10-13-16-19-22-25-27-29-30-31-32-33-34-35-37-38-41-44-47-50-53-56-62(65)68-59-60(58-67-61(64)55-52-49-46-43-40-24-21-18-15-12-9-6-3)69-63(66)57-54-51-48-45-42-39-36-28-26-23-20-17-14-11-8-5-2/h18,20-23,25,28-30,32-33,36,60H,4-17,19,24,26-27,31,34-35,37-59H2,1-3H3/b21-18-,23-20-,25-22-,30-29-,33-32-,36-28-. The molecule has 0 aliphatic carbocycles. The van der Waals surface area contributed by atoms with E-state index in [-0.39, 0.29) is 31.1 Å². The molecule has 0 heterocycles. The van der Waals surface area contributed by atoms with E-state index in [1.807, 2.05) is 0 Å². The molecule has 0 amide bonds. The Morgan fingerprint density at radius 3 is 0.870 bits per heavy atom. The van der Waals surface area contributed by atoms with Crippen LogP contribution in [0.1, 0.15) is 290 Å². The molecule has 398 valence electrons. The summed E-state index contributed by atoms with van der Waals surface area (Å²) in [5, 5.41) is 0. The third kappa shape index (κ3) is 55.6. The maximum absolute atomic E-state index is 12.8. The van der Waals surface area contributed by atoms with Crippen molar-refractivity contribution in [2.45, 2.75) is 297 Å². The van der Waals surface area contributed by atoms with Crippen molar-refractivity contribution < 1.29 is 28.6 Å². The van der Waals surface area contributed by atoms with Crippen LogP contribution < -0.4 is 0 Å². The fourth-order valence-corrected chi connectivity index (χ4v) is 8.18. The molecule has 0 aromatic carbocycles. The molecule has 6 heteroatoms. The molecule has 0 aliphatic rings. The molecule has 0 saturated heterocycles. The van der Waals surface area contributed by atoms with Crippen LogP contribution in [-0.2, 0) is 28.6 Å². The van der Waals surface area contributed by atoms with Crippen molar-refractivity contribution in [2.75, 3.05) is 13.2 Å². The van der Waals surface area contributed by atoms with E-state index in [4.69, 9.17) is 14.2 Å². The first-order valence-electron chi connectivity index (χ1n) is 29.4. The van der Waals surface area contributed by atoms with E-state index < -0.39 is 6.10 Å². The van der Waals surface area contributed by atoms with E-state index in [0.717, 1.165) is 109 Å². The van der Waals surface area contributed by atoms with Crippen LogP contribution in [0.25, 0.3) is 0 Å². The smallest absolute Gasteiger partial charge is 0.306 e. The summed E-state index contributed by atoms with van der Waals surface area (Å²) in [7, 11) is 0. The molecule has 0 aromatic heterocycles. The zero-order valence-electron chi connectivity index (χ0n) is 45.6. The highest BCUT2D eigenvalue weighted by Crippen LogP contribution is 2.15. The van der Waals surface area contributed by atoms with Gasteiger partial charge in [0.15, 0.2) is 6.10 Å². The maximum atomic E-state index is 12.8. The summed E-state index contributed by atoms with van der Waals surface area (Å²) in [5.74, 6) is -0.910. The number of esters is 3. The highest BCUT2D eigenvalue weighted by atomic mass is 16.6. The van der Waals surface area contributed by atoms with E-state index in [9.17, 15) is 14.4 Å². The highest BCUT2D eigenvalue weighted by molar-refractivity contribution is 5.71. The van der Waals surface area contributed by atoms with Gasteiger partial charge in [0.25, 0.3) is 0 Å². The molecule has 0 fully saturated rings. The minimum atomic E-state index is -0.789. The molecule has 6 nitrogen and oxygen atoms in total. The predicted molar refractivity (Wildman–Crippen MR) is 298 cm³/mol. The first-order valence-corrected chi connectivity index (χ1v) is 29.4. The normalized spacial score (nSPS) is 12.6. The minimum absolute atomic E-state index is 0.0873. The van der Waals surface area contributed by atoms with Crippen molar-refractivity contribution in [3.05, 3.63) is 72.9 Å². The topological polar surface area (TPSA) is 78.9 Å². The largest absolute Gasteiger partial charge is 0.462 e. The summed E-state index contributed by atoms with van der Waals surface area (Å²) in [6, 6.07) is 0. The molecule has 0 saturated carbocycles. The third-order valence-corrected chi connectivity index (χ3v) is 12.7. The third-order valence-electron chi connectivity index (χ3n) is 12.7. The molecule has 0 aromatic rings. The maximum Gasteiger partial charge on any atom is 0.306 e. The Labute approximate surface area is 427 Å². The van der Waals surface area contributed by atoms with Crippen molar-refractivity contribution >= 4 is 17.9 Å². The van der Waals surface area contributed by atoms with Gasteiger partial charge in [-0.15, -0.1) is 0 Å². The lowest BCUT2D eigenvalue weighted by atomic mass is 10.1. The fraction of sp³-hybridized carbons (Fsp3) is 0.762. The summed E-state index contributed by atoms with van der Waals surface area (Å²) in [5.41, 5.74) is 0. The van der Waals surface area contributed by atoms with Gasteiger partial charge in [0.1, 0.15) is 13.2 Å². The number of hydrogen-bond acceptors (Lipinski definition) is 6. The van der Waals surface area contributed by atoms with Gasteiger partial charge in [-0.3, -0.25) is 14.4 Å². The van der Waals surface area contributed by atoms with Crippen molar-refractivity contribution in [3.63, 3.8) is 0 Å². The Morgan fingerprint density at radius 1 is 0.290 bits per heavy atom. The number of rotatable bonds is 53. The van der Waals surface area contributed by atoms with Gasteiger partial charge in [0, 0.05) is 19.3 Å². The van der Waals surface area contributed by atoms with E-state index in [2.05, 4.69) is 93.7 Å². The number of carbonyl (C=O) groups is 3. The second-order valence-corrected chi connectivity index (χ2v) is 19.5. The van der Waals surface area contributed by atoms with Gasteiger partial charge in [-0.25, -0.2) is 0 Å². The quantitative estimate of drug-likeness (QED) is 0.0262. The van der Waals surface area contributed by atoms with Gasteiger partial charge >= 0.3 is 17.9 Å². The van der Waals surface area contributed by atoms with Crippen molar-refractivity contribution in [3.8, 4) is 0 Å². The van der Waals surface area contributed by atoms with Gasteiger partial charge in [0.05, 0.1) is 0 Å². The van der Waals surface area contributed by atoms with Crippen molar-refractivity contribution in [2.24, 2.45) is 0 Å². The molecule has 1 atom stereocenters. The van der Waals surface area contributed by atoms with Crippen LogP contribution in [0.3, 0.4) is 0 Å². The van der Waals surface area contributed by atoms with Crippen LogP contribution in [0.15, 0.2) is 72.9 Å². The van der Waals surface area contributed by atoms with Crippen LogP contribution in [0.2, 0.25) is 0 Å². The summed E-state index contributed by atoms with van der Waals surface area (Å²) < 4.78 is 16.8. The first kappa shape index (κ1) is 65.8. The average molecular weight is 964 g/mol. The number of allylic oxidation sites excluding steroid dienone is 12. The van der Waals surface area contributed by atoms with Gasteiger partial charge in [0.2, 0.25) is 0 Å². The van der Waals surface area contributed by atoms with Crippen LogP contribution in [0.5, 0.6) is 0 Å². The molecule has 0 radical (unpaired) electrons. The fourth-order valence-electron chi connectivity index (χ4n) is 8.18. The van der Waals surface area contributed by atoms with Gasteiger partial charge < -0.3 is 14.2 Å². The highest BCUT2D eigenvalue weighted by Gasteiger charge is 2.19. The molecule has 0 N–H and O–H groups in total. The summed E-state index contributed by atoms with van der Waals surface area (Å²) in [6.07, 6.45) is 73.2. The molecule has 0 rings (SSSR count). The van der Waals surface area contributed by atoms with Crippen LogP contribution in [0, 0.1) is 0 Å². The van der Waals surface area contributed by atoms with Gasteiger partial charge in [-0.05, 0) is 116 Å². The van der Waals surface area contributed by atoms with E-state index >= 15 is 0 Å². The Bertz CT molecular complexity index is 1290. The minimum Gasteiger partial charge on any atom is -0.462 e. The Hall–Kier alpha value is -3.15. The SMILES string of the molecule is CCCCC/C=C\CCCCCCCC(=O)OCC(COC(=O)CCCCCCCCCC/C=C\C/C=C\C/C=C\CCCCCCC)OC(=O)CCCCCCC/C=C\C/C=C\CCCCCC. The van der Waals surface area contributed by atoms with E-state index in [1.165, 1.54) is 141 Å². The Morgan fingerprint density at radius 2 is 0.522 bits per heavy atom. The summed E-state index contributed by atoms with van der Waals surface area (Å²) in [4.78, 5) is 38.1. The molecule has 1 unspecified atom stereocenters. The van der Waals surface area contributed by atoms with Gasteiger partial charge in [-0.2, -0.15) is 0 Å². The zero-order chi connectivity index (χ0) is 50.0. The lowest BCUT2D eigenvalue weighted by Crippen LogP contribution is -2.30. The molecular weight excluding hydrogens is 853 g/mol. The van der Waals surface area contributed by atoms with Crippen molar-refractivity contribution in [1.82, 2.24) is 0 Å². The van der Waals surface area contributed by atoms with Crippen molar-refractivity contribution in [1.29, 1.82) is 0 Å². The molecule has 0 bridgehead atoms. The lowest BCUT2D eigenvalue weighted by molar-refractivity contribution is -0.167. The van der Waals surface area contributed by atoms with Crippen LogP contribution >= 0.6 is 0 Å². The Kier molecular flexibility index (Phi) is 54.8. The van der Waals surface area contributed by atoms with E-state index in [1.54, 1.807) is 0 Å². The second-order valence-electron chi connectivity index (χ2n) is 19.5. The molecule has 0 spiro atoms. The van der Waals surface area contributed by atoms with Gasteiger partial charge in [-0.1, -0.05) is 229 Å². The molecule has 69 heavy (non-hydrogen) atoms. The predicted octanol–water partition coefficient (Wildman–Crippen LogP) is 19.8.